The lowest BCUT2D eigenvalue weighted by Crippen LogP contribution is -2.55. The molecule has 3 aliphatic carbocycles. The Morgan fingerprint density at radius 1 is 1.28 bits per heavy atom. The van der Waals surface area contributed by atoms with E-state index in [4.69, 9.17) is 5.73 Å². The zero-order valence-corrected chi connectivity index (χ0v) is 16.6. The van der Waals surface area contributed by atoms with Crippen LogP contribution in [0.1, 0.15) is 31.2 Å². The summed E-state index contributed by atoms with van der Waals surface area (Å²) in [4.78, 5) is 8.36. The molecule has 10 heteroatoms. The number of hydrogen-bond acceptors (Lipinski definition) is 7. The molecule has 148 valence electrons. The highest BCUT2D eigenvalue weighted by Gasteiger charge is 2.62. The number of imidazole rings is 1. The van der Waals surface area contributed by atoms with Crippen LogP contribution in [0, 0.1) is 23.7 Å². The van der Waals surface area contributed by atoms with E-state index in [2.05, 4.69) is 25.9 Å². The van der Waals surface area contributed by atoms with Crippen molar-refractivity contribution in [1.29, 1.82) is 5.26 Å². The SMILES string of the molecule is Cc1ccc(S(=O)(=O)NC23CCC(C#N)(C2)C3)cc1-c1cnc2c(N)ncnn12. The van der Waals surface area contributed by atoms with Crippen LogP contribution in [0.15, 0.2) is 35.6 Å². The Morgan fingerprint density at radius 3 is 2.79 bits per heavy atom. The minimum atomic E-state index is -3.74. The predicted octanol–water partition coefficient (Wildman–Crippen LogP) is 1.80. The quantitative estimate of drug-likeness (QED) is 0.669. The summed E-state index contributed by atoms with van der Waals surface area (Å²) in [7, 11) is -3.74. The van der Waals surface area contributed by atoms with Crippen LogP contribution in [0.5, 0.6) is 0 Å². The second-order valence-electron chi connectivity index (χ2n) is 8.13. The number of nitrogens with zero attached hydrogens (tertiary/aromatic N) is 5. The highest BCUT2D eigenvalue weighted by atomic mass is 32.2. The Kier molecular flexibility index (Phi) is 3.57. The molecule has 2 aromatic heterocycles. The number of nitriles is 1. The molecule has 0 saturated heterocycles. The van der Waals surface area contributed by atoms with Crippen LogP contribution in [0.25, 0.3) is 16.9 Å². The number of aromatic nitrogens is 4. The summed E-state index contributed by atoms with van der Waals surface area (Å²) in [6, 6.07) is 7.33. The van der Waals surface area contributed by atoms with Crippen LogP contribution in [-0.4, -0.2) is 33.5 Å². The molecule has 3 aliphatic rings. The number of aryl methyl sites for hydroxylation is 1. The molecule has 0 unspecified atom stereocenters. The fraction of sp³-hybridized carbons (Fsp3) is 0.368. The van der Waals surface area contributed by atoms with Gasteiger partial charge in [0.05, 0.1) is 28.3 Å². The van der Waals surface area contributed by atoms with Gasteiger partial charge >= 0.3 is 0 Å². The summed E-state index contributed by atoms with van der Waals surface area (Å²) >= 11 is 0. The van der Waals surface area contributed by atoms with Crippen molar-refractivity contribution >= 4 is 21.5 Å². The van der Waals surface area contributed by atoms with Crippen molar-refractivity contribution in [2.24, 2.45) is 5.41 Å². The van der Waals surface area contributed by atoms with Crippen molar-refractivity contribution in [2.75, 3.05) is 5.73 Å². The van der Waals surface area contributed by atoms with Crippen molar-refractivity contribution in [3.05, 3.63) is 36.3 Å². The number of anilines is 1. The van der Waals surface area contributed by atoms with Gasteiger partial charge in [-0.25, -0.2) is 27.6 Å². The van der Waals surface area contributed by atoms with Crippen LogP contribution in [0.3, 0.4) is 0 Å². The Morgan fingerprint density at radius 2 is 2.07 bits per heavy atom. The lowest BCUT2D eigenvalue weighted by Gasteiger charge is -2.43. The second-order valence-corrected chi connectivity index (χ2v) is 9.81. The molecule has 0 atom stereocenters. The van der Waals surface area contributed by atoms with Gasteiger partial charge in [0.1, 0.15) is 6.33 Å². The number of benzene rings is 1. The summed E-state index contributed by atoms with van der Waals surface area (Å²) < 4.78 is 30.6. The van der Waals surface area contributed by atoms with Crippen molar-refractivity contribution in [1.82, 2.24) is 24.3 Å². The normalized spacial score (nSPS) is 25.7. The Bertz CT molecular complexity index is 1300. The highest BCUT2D eigenvalue weighted by molar-refractivity contribution is 7.89. The highest BCUT2D eigenvalue weighted by Crippen LogP contribution is 2.61. The monoisotopic (exact) mass is 409 g/mol. The lowest BCUT2D eigenvalue weighted by atomic mass is 9.66. The first-order chi connectivity index (χ1) is 13.8. The molecule has 0 aliphatic heterocycles. The van der Waals surface area contributed by atoms with Crippen LogP contribution in [0.2, 0.25) is 0 Å². The molecular weight excluding hydrogens is 390 g/mol. The van der Waals surface area contributed by atoms with Crippen LogP contribution >= 0.6 is 0 Å². The third-order valence-corrected chi connectivity index (χ3v) is 7.73. The molecule has 0 spiro atoms. The van der Waals surface area contributed by atoms with Crippen LogP contribution in [0.4, 0.5) is 5.82 Å². The fourth-order valence-electron chi connectivity index (χ4n) is 4.74. The summed E-state index contributed by atoms with van der Waals surface area (Å²) in [5.74, 6) is 0.251. The number of hydrogen-bond donors (Lipinski definition) is 2. The Balaban J connectivity index is 1.53. The van der Waals surface area contributed by atoms with Crippen molar-refractivity contribution in [2.45, 2.75) is 43.0 Å². The topological polar surface area (TPSA) is 139 Å². The molecule has 1 aromatic carbocycles. The first kappa shape index (κ1) is 18.0. The summed E-state index contributed by atoms with van der Waals surface area (Å²) in [5, 5.41) is 13.5. The minimum absolute atomic E-state index is 0.172. The fourth-order valence-corrected chi connectivity index (χ4v) is 6.19. The van der Waals surface area contributed by atoms with Gasteiger partial charge in [0.25, 0.3) is 0 Å². The average Bonchev–Trinajstić information content (AvgIpc) is 3.33. The lowest BCUT2D eigenvalue weighted by molar-refractivity contribution is 0.161. The molecule has 6 rings (SSSR count). The molecule has 3 fully saturated rings. The number of nitrogens with one attached hydrogen (secondary N) is 1. The zero-order chi connectivity index (χ0) is 20.4. The molecule has 3 N–H and O–H groups in total. The van der Waals surface area contributed by atoms with E-state index in [1.54, 1.807) is 28.9 Å². The van der Waals surface area contributed by atoms with E-state index >= 15 is 0 Å². The standard InChI is InChI=1S/C19H19N7O2S/c1-12-2-3-13(29(27,28)25-19-5-4-18(8-19,9-19)10-20)6-14(12)15-7-22-17-16(21)23-11-24-26(15)17/h2-3,6-7,11,25H,4-5,8-9H2,1H3,(H2,21,23,24). The second kappa shape index (κ2) is 5.75. The smallest absolute Gasteiger partial charge is 0.241 e. The molecular formula is C19H19N7O2S. The zero-order valence-electron chi connectivity index (χ0n) is 15.8. The van der Waals surface area contributed by atoms with Crippen molar-refractivity contribution in [3.63, 3.8) is 0 Å². The third kappa shape index (κ3) is 2.62. The third-order valence-electron chi connectivity index (χ3n) is 6.15. The molecule has 0 radical (unpaired) electrons. The van der Waals surface area contributed by atoms with Crippen LogP contribution < -0.4 is 10.5 Å². The van der Waals surface area contributed by atoms with Gasteiger partial charge in [-0.15, -0.1) is 0 Å². The first-order valence-corrected chi connectivity index (χ1v) is 10.8. The Labute approximate surface area is 167 Å². The molecule has 0 amide bonds. The van der Waals surface area contributed by atoms with E-state index in [0.717, 1.165) is 12.0 Å². The van der Waals surface area contributed by atoms with E-state index in [1.807, 2.05) is 6.92 Å². The number of fused-ring (bicyclic) bond motifs is 2. The van der Waals surface area contributed by atoms with E-state index in [-0.39, 0.29) is 16.1 Å². The summed E-state index contributed by atoms with van der Waals surface area (Å²) in [6.45, 7) is 1.89. The summed E-state index contributed by atoms with van der Waals surface area (Å²) in [6.07, 6.45) is 5.55. The molecule has 3 saturated carbocycles. The molecule has 3 aromatic rings. The number of nitrogen functional groups attached to an aromatic ring is 1. The van der Waals surface area contributed by atoms with Gasteiger partial charge < -0.3 is 5.73 Å². The maximum atomic E-state index is 13.1. The number of sulfonamides is 1. The van der Waals surface area contributed by atoms with Gasteiger partial charge in [-0.2, -0.15) is 10.4 Å². The Hall–Kier alpha value is -3.03. The van der Waals surface area contributed by atoms with E-state index in [1.165, 1.54) is 6.33 Å². The largest absolute Gasteiger partial charge is 0.381 e. The van der Waals surface area contributed by atoms with Crippen molar-refractivity contribution < 1.29 is 8.42 Å². The predicted molar refractivity (Wildman–Crippen MR) is 105 cm³/mol. The first-order valence-electron chi connectivity index (χ1n) is 9.27. The van der Waals surface area contributed by atoms with Gasteiger partial charge in [0, 0.05) is 11.1 Å². The van der Waals surface area contributed by atoms with Crippen molar-refractivity contribution in [3.8, 4) is 17.3 Å². The average molecular weight is 409 g/mol. The minimum Gasteiger partial charge on any atom is -0.381 e. The molecule has 9 nitrogen and oxygen atoms in total. The van der Waals surface area contributed by atoms with Gasteiger partial charge in [-0.05, 0) is 50.3 Å². The molecule has 2 heterocycles. The van der Waals surface area contributed by atoms with Gasteiger partial charge in [-0.1, -0.05) is 6.07 Å². The van der Waals surface area contributed by atoms with E-state index < -0.39 is 15.6 Å². The van der Waals surface area contributed by atoms with E-state index in [0.29, 0.717) is 36.2 Å². The maximum Gasteiger partial charge on any atom is 0.241 e. The number of nitrogens with two attached hydrogens (primary N) is 1. The molecule has 29 heavy (non-hydrogen) atoms. The maximum absolute atomic E-state index is 13.1. The summed E-state index contributed by atoms with van der Waals surface area (Å²) in [5.41, 5.74) is 7.64. The number of rotatable bonds is 4. The molecule has 2 bridgehead atoms. The van der Waals surface area contributed by atoms with E-state index in [9.17, 15) is 13.7 Å². The van der Waals surface area contributed by atoms with Crippen LogP contribution in [-0.2, 0) is 10.0 Å². The van der Waals surface area contributed by atoms with Gasteiger partial charge in [0.2, 0.25) is 10.0 Å². The van der Waals surface area contributed by atoms with Gasteiger partial charge in [0.15, 0.2) is 11.5 Å². The van der Waals surface area contributed by atoms with Gasteiger partial charge in [-0.3, -0.25) is 0 Å².